The van der Waals surface area contributed by atoms with Crippen LogP contribution in [0.5, 0.6) is 0 Å². The van der Waals surface area contributed by atoms with E-state index in [1.807, 2.05) is 12.1 Å². The molecule has 1 aliphatic heterocycles. The minimum atomic E-state index is -0.179. The number of halogens is 1. The van der Waals surface area contributed by atoms with Crippen molar-refractivity contribution in [3.8, 4) is 22.3 Å². The van der Waals surface area contributed by atoms with E-state index in [4.69, 9.17) is 0 Å². The van der Waals surface area contributed by atoms with Crippen molar-refractivity contribution in [2.75, 3.05) is 0 Å². The minimum absolute atomic E-state index is 0.119. The molecular formula is C28H32FSi. The van der Waals surface area contributed by atoms with Crippen molar-refractivity contribution >= 4 is 8.80 Å². The van der Waals surface area contributed by atoms with E-state index < -0.39 is 0 Å². The van der Waals surface area contributed by atoms with Crippen molar-refractivity contribution in [2.24, 2.45) is 0 Å². The molecule has 2 heteroatoms. The Morgan fingerprint density at radius 1 is 0.800 bits per heavy atom. The van der Waals surface area contributed by atoms with E-state index in [1.165, 1.54) is 72.5 Å². The fraction of sp³-hybridized carbons (Fsp3) is 0.357. The van der Waals surface area contributed by atoms with Gasteiger partial charge in [-0.1, -0.05) is 105 Å². The Balaban J connectivity index is 1.58. The van der Waals surface area contributed by atoms with Crippen LogP contribution in [0.1, 0.15) is 50.5 Å². The Bertz CT molecular complexity index is 925. The van der Waals surface area contributed by atoms with Crippen molar-refractivity contribution in [3.05, 3.63) is 84.2 Å². The van der Waals surface area contributed by atoms with Crippen LogP contribution in [0.4, 0.5) is 4.39 Å². The molecular weight excluding hydrogens is 383 g/mol. The van der Waals surface area contributed by atoms with Crippen LogP contribution in [0.2, 0.25) is 18.1 Å². The van der Waals surface area contributed by atoms with Crippen molar-refractivity contribution in [1.29, 1.82) is 0 Å². The van der Waals surface area contributed by atoms with Crippen LogP contribution >= 0.6 is 0 Å². The second-order valence-corrected chi connectivity index (χ2v) is 11.7. The number of unbranched alkanes of at least 4 members (excludes halogenated alkanes) is 2. The van der Waals surface area contributed by atoms with E-state index in [0.29, 0.717) is 5.92 Å². The van der Waals surface area contributed by atoms with Crippen molar-refractivity contribution < 1.29 is 4.39 Å². The van der Waals surface area contributed by atoms with Gasteiger partial charge in [0.25, 0.3) is 0 Å². The lowest BCUT2D eigenvalue weighted by Crippen LogP contribution is -2.20. The van der Waals surface area contributed by atoms with E-state index in [-0.39, 0.29) is 14.6 Å². The molecule has 0 saturated carbocycles. The molecule has 1 radical (unpaired) electrons. The van der Waals surface area contributed by atoms with E-state index in [2.05, 4.69) is 55.5 Å². The van der Waals surface area contributed by atoms with Gasteiger partial charge in [0.15, 0.2) is 0 Å². The first kappa shape index (κ1) is 21.1. The Labute approximate surface area is 182 Å². The highest BCUT2D eigenvalue weighted by molar-refractivity contribution is 6.59. The van der Waals surface area contributed by atoms with Crippen LogP contribution in [0.3, 0.4) is 0 Å². The van der Waals surface area contributed by atoms with Gasteiger partial charge in [0.05, 0.1) is 0 Å². The molecule has 0 N–H and O–H groups in total. The Morgan fingerprint density at radius 2 is 1.50 bits per heavy atom. The molecule has 30 heavy (non-hydrogen) atoms. The smallest absolute Gasteiger partial charge is 0.123 e. The monoisotopic (exact) mass is 415 g/mol. The number of benzene rings is 3. The molecule has 0 unspecified atom stereocenters. The van der Waals surface area contributed by atoms with Crippen LogP contribution in [0.15, 0.2) is 72.8 Å². The van der Waals surface area contributed by atoms with Crippen LogP contribution in [0.25, 0.3) is 22.3 Å². The van der Waals surface area contributed by atoms with Crippen LogP contribution in [-0.2, 0) is 0 Å². The molecule has 0 bridgehead atoms. The number of rotatable bonds is 7. The van der Waals surface area contributed by atoms with Gasteiger partial charge in [0.1, 0.15) is 5.82 Å². The van der Waals surface area contributed by atoms with Gasteiger partial charge in [0.2, 0.25) is 0 Å². The average molecular weight is 416 g/mol. The van der Waals surface area contributed by atoms with Crippen molar-refractivity contribution in [1.82, 2.24) is 0 Å². The maximum atomic E-state index is 13.5. The number of hydrogen-bond acceptors (Lipinski definition) is 0. The summed E-state index contributed by atoms with van der Waals surface area (Å²) in [5, 5.41) is 0. The lowest BCUT2D eigenvalue weighted by atomic mass is 9.87. The zero-order chi connectivity index (χ0) is 20.8. The molecule has 3 aromatic carbocycles. The fourth-order valence-electron chi connectivity index (χ4n) is 4.79. The molecule has 0 amide bonds. The lowest BCUT2D eigenvalue weighted by molar-refractivity contribution is 0.603. The van der Waals surface area contributed by atoms with Crippen LogP contribution in [-0.4, -0.2) is 8.80 Å². The summed E-state index contributed by atoms with van der Waals surface area (Å²) in [4.78, 5) is 0. The molecule has 4 rings (SSSR count). The Morgan fingerprint density at radius 3 is 2.20 bits per heavy atom. The van der Waals surface area contributed by atoms with Gasteiger partial charge in [-0.05, 0) is 58.7 Å². The third-order valence-corrected chi connectivity index (χ3v) is 9.63. The molecule has 0 spiro atoms. The van der Waals surface area contributed by atoms with Crippen LogP contribution < -0.4 is 0 Å². The predicted octanol–water partition coefficient (Wildman–Crippen LogP) is 8.72. The van der Waals surface area contributed by atoms with Gasteiger partial charge in [-0.15, -0.1) is 0 Å². The first-order valence-electron chi connectivity index (χ1n) is 11.5. The first-order valence-corrected chi connectivity index (χ1v) is 13.7. The quantitative estimate of drug-likeness (QED) is 0.267. The maximum absolute atomic E-state index is 13.5. The Kier molecular flexibility index (Phi) is 7.17. The number of hydrogen-bond donors (Lipinski definition) is 0. The molecule has 0 nitrogen and oxygen atoms in total. The summed E-state index contributed by atoms with van der Waals surface area (Å²) in [5.74, 6) is 0.496. The summed E-state index contributed by atoms with van der Waals surface area (Å²) in [6, 6.07) is 29.0. The standard InChI is InChI=1S/C28H32FSi/c1-2-3-7-18-30-19-16-22(17-20-30)25-12-15-27(23-8-5-4-6-9-23)28(21-25)24-10-13-26(29)14-11-24/h4-6,8-15,21-22H,2-3,7,16-20H2,1H3. The Hall–Kier alpha value is -2.19. The van der Waals surface area contributed by atoms with E-state index in [1.54, 1.807) is 12.1 Å². The largest absolute Gasteiger partial charge is 0.207 e. The lowest BCUT2D eigenvalue weighted by Gasteiger charge is -2.28. The predicted molar refractivity (Wildman–Crippen MR) is 129 cm³/mol. The SMILES string of the molecule is CCCCC[Si]1CCC(c2ccc(-c3ccccc3)c(-c3ccc(F)cc3)c2)CC1. The third-order valence-electron chi connectivity index (χ3n) is 6.58. The van der Waals surface area contributed by atoms with Gasteiger partial charge in [-0.25, -0.2) is 4.39 Å². The summed E-state index contributed by atoms with van der Waals surface area (Å²) in [5.41, 5.74) is 6.22. The summed E-state index contributed by atoms with van der Waals surface area (Å²) >= 11 is 0. The van der Waals surface area contributed by atoms with E-state index in [9.17, 15) is 4.39 Å². The molecule has 1 saturated heterocycles. The highest BCUT2D eigenvalue weighted by Gasteiger charge is 2.24. The molecule has 0 aromatic heterocycles. The highest BCUT2D eigenvalue weighted by Crippen LogP contribution is 2.39. The highest BCUT2D eigenvalue weighted by atomic mass is 28.3. The van der Waals surface area contributed by atoms with Gasteiger partial charge in [0, 0.05) is 8.80 Å². The molecule has 1 aliphatic rings. The zero-order valence-corrected chi connectivity index (χ0v) is 19.0. The average Bonchev–Trinajstić information content (AvgIpc) is 2.80. The fourth-order valence-corrected chi connectivity index (χ4v) is 7.80. The van der Waals surface area contributed by atoms with E-state index >= 15 is 0 Å². The van der Waals surface area contributed by atoms with E-state index in [0.717, 1.165) is 5.56 Å². The van der Waals surface area contributed by atoms with Crippen molar-refractivity contribution in [2.45, 2.75) is 63.1 Å². The van der Waals surface area contributed by atoms with Gasteiger partial charge in [-0.3, -0.25) is 0 Å². The minimum Gasteiger partial charge on any atom is -0.207 e. The first-order chi connectivity index (χ1) is 14.7. The summed E-state index contributed by atoms with van der Waals surface area (Å²) in [7, 11) is -0.119. The molecule has 1 heterocycles. The topological polar surface area (TPSA) is 0 Å². The molecule has 1 fully saturated rings. The molecule has 3 aromatic rings. The zero-order valence-electron chi connectivity index (χ0n) is 18.0. The second-order valence-electron chi connectivity index (χ2n) is 8.66. The summed E-state index contributed by atoms with van der Waals surface area (Å²) in [6.07, 6.45) is 6.86. The molecule has 0 aliphatic carbocycles. The van der Waals surface area contributed by atoms with Crippen molar-refractivity contribution in [3.63, 3.8) is 0 Å². The molecule has 155 valence electrons. The molecule has 0 atom stereocenters. The summed E-state index contributed by atoms with van der Waals surface area (Å²) in [6.45, 7) is 2.30. The normalized spacial score (nSPS) is 15.4. The van der Waals surface area contributed by atoms with Gasteiger partial charge >= 0.3 is 0 Å². The van der Waals surface area contributed by atoms with Gasteiger partial charge in [-0.2, -0.15) is 0 Å². The maximum Gasteiger partial charge on any atom is 0.123 e. The van der Waals surface area contributed by atoms with Gasteiger partial charge < -0.3 is 0 Å². The second kappa shape index (κ2) is 10.2. The van der Waals surface area contributed by atoms with Crippen LogP contribution in [0, 0.1) is 5.82 Å². The summed E-state index contributed by atoms with van der Waals surface area (Å²) < 4.78 is 13.5. The third kappa shape index (κ3) is 5.10.